The molecule has 0 aromatic heterocycles. The number of hydrogen-bond acceptors (Lipinski definition) is 6. The van der Waals surface area contributed by atoms with E-state index >= 15 is 0 Å². The average Bonchev–Trinajstić information content (AvgIpc) is 2.97. The lowest BCUT2D eigenvalue weighted by atomic mass is 9.94. The zero-order chi connectivity index (χ0) is 26.9. The smallest absolute Gasteiger partial charge is 0.120 e. The Bertz CT molecular complexity index is 1350. The molecule has 6 heteroatoms. The van der Waals surface area contributed by atoms with E-state index in [1.54, 1.807) is 0 Å². The molecule has 6 nitrogen and oxygen atoms in total. The summed E-state index contributed by atoms with van der Waals surface area (Å²) >= 11 is 0. The summed E-state index contributed by atoms with van der Waals surface area (Å²) in [6.45, 7) is 7.69. The van der Waals surface area contributed by atoms with Crippen LogP contribution in [0.15, 0.2) is 84.9 Å². The van der Waals surface area contributed by atoms with Crippen molar-refractivity contribution in [1.29, 1.82) is 0 Å². The third-order valence-electron chi connectivity index (χ3n) is 8.25. The summed E-state index contributed by atoms with van der Waals surface area (Å²) in [5.41, 5.74) is 8.97. The zero-order valence-corrected chi connectivity index (χ0v) is 22.6. The molecule has 2 aliphatic rings. The van der Waals surface area contributed by atoms with Crippen molar-refractivity contribution >= 4 is 11.4 Å². The predicted molar refractivity (Wildman–Crippen MR) is 157 cm³/mol. The molecule has 0 radical (unpaired) electrons. The second-order valence-electron chi connectivity index (χ2n) is 10.7. The Morgan fingerprint density at radius 3 is 1.44 bits per heavy atom. The largest absolute Gasteiger partial charge is 0.508 e. The lowest BCUT2D eigenvalue weighted by Crippen LogP contribution is -2.47. The molecular formula is C33H36N4O2. The average molecular weight is 521 g/mol. The first-order chi connectivity index (χ1) is 19.0. The molecule has 0 saturated heterocycles. The van der Waals surface area contributed by atoms with Gasteiger partial charge in [0, 0.05) is 71.9 Å². The molecule has 4 aromatic rings. The molecule has 200 valence electrons. The number of benzene rings is 4. The van der Waals surface area contributed by atoms with Gasteiger partial charge in [0.05, 0.1) is 6.67 Å². The topological polar surface area (TPSA) is 71.0 Å². The predicted octanol–water partition coefficient (Wildman–Crippen LogP) is 6.10. The molecule has 2 unspecified atom stereocenters. The van der Waals surface area contributed by atoms with Crippen LogP contribution < -0.4 is 20.4 Å². The Hall–Kier alpha value is -4.00. The second kappa shape index (κ2) is 10.6. The fourth-order valence-corrected chi connectivity index (χ4v) is 5.92. The fourth-order valence-electron chi connectivity index (χ4n) is 5.92. The van der Waals surface area contributed by atoms with Crippen LogP contribution >= 0.6 is 0 Å². The Balaban J connectivity index is 1.25. The Morgan fingerprint density at radius 2 is 1.03 bits per heavy atom. The Morgan fingerprint density at radius 1 is 0.615 bits per heavy atom. The van der Waals surface area contributed by atoms with Gasteiger partial charge in [-0.25, -0.2) is 0 Å². The van der Waals surface area contributed by atoms with Crippen molar-refractivity contribution in [3.63, 3.8) is 0 Å². The minimum absolute atomic E-state index is 0.169. The van der Waals surface area contributed by atoms with Crippen LogP contribution in [0, 0.1) is 0 Å². The molecule has 6 rings (SSSR count). The summed E-state index contributed by atoms with van der Waals surface area (Å²) in [4.78, 5) is 4.71. The summed E-state index contributed by atoms with van der Waals surface area (Å²) in [5, 5.41) is 29.0. The van der Waals surface area contributed by atoms with Crippen LogP contribution in [0.25, 0.3) is 0 Å². The molecule has 0 amide bonds. The van der Waals surface area contributed by atoms with E-state index in [1.807, 2.05) is 36.4 Å². The summed E-state index contributed by atoms with van der Waals surface area (Å²) in [7, 11) is 0. The molecule has 39 heavy (non-hydrogen) atoms. The maximum Gasteiger partial charge on any atom is 0.120 e. The first-order valence-electron chi connectivity index (χ1n) is 13.7. The van der Waals surface area contributed by atoms with Gasteiger partial charge >= 0.3 is 0 Å². The molecule has 4 N–H and O–H groups in total. The van der Waals surface area contributed by atoms with Gasteiger partial charge in [-0.05, 0) is 49.2 Å². The lowest BCUT2D eigenvalue weighted by Gasteiger charge is -2.46. The highest BCUT2D eigenvalue weighted by atomic mass is 16.3. The highest BCUT2D eigenvalue weighted by Crippen LogP contribution is 2.44. The summed E-state index contributed by atoms with van der Waals surface area (Å²) in [6.07, 6.45) is 0. The highest BCUT2D eigenvalue weighted by Gasteiger charge is 2.33. The van der Waals surface area contributed by atoms with Crippen molar-refractivity contribution in [2.75, 3.05) is 16.5 Å². The number of hydrogen-bond donors (Lipinski definition) is 4. The molecular weight excluding hydrogens is 484 g/mol. The molecule has 0 saturated carbocycles. The van der Waals surface area contributed by atoms with Crippen LogP contribution in [0.4, 0.5) is 11.4 Å². The number of aromatic hydroxyl groups is 2. The summed E-state index contributed by atoms with van der Waals surface area (Å²) < 4.78 is 0. The molecule has 2 heterocycles. The molecule has 2 aliphatic heterocycles. The van der Waals surface area contributed by atoms with Gasteiger partial charge < -0.3 is 30.6 Å². The van der Waals surface area contributed by atoms with Crippen molar-refractivity contribution in [1.82, 2.24) is 10.6 Å². The molecule has 2 atom stereocenters. The maximum absolute atomic E-state index is 10.9. The first-order valence-corrected chi connectivity index (χ1v) is 13.7. The minimum atomic E-state index is 0.169. The molecule has 4 aromatic carbocycles. The Labute approximate surface area is 230 Å². The third-order valence-corrected chi connectivity index (χ3v) is 8.25. The first kappa shape index (κ1) is 25.3. The van der Waals surface area contributed by atoms with E-state index in [-0.39, 0.29) is 12.1 Å². The second-order valence-corrected chi connectivity index (χ2v) is 10.7. The van der Waals surface area contributed by atoms with Gasteiger partial charge in [0.25, 0.3) is 0 Å². The number of fused-ring (bicyclic) bond motifs is 6. The Kier molecular flexibility index (Phi) is 6.90. The van der Waals surface area contributed by atoms with Gasteiger partial charge in [0.15, 0.2) is 0 Å². The van der Waals surface area contributed by atoms with Gasteiger partial charge in [-0.3, -0.25) is 0 Å². The van der Waals surface area contributed by atoms with E-state index in [9.17, 15) is 10.2 Å². The van der Waals surface area contributed by atoms with E-state index < -0.39 is 0 Å². The van der Waals surface area contributed by atoms with Crippen LogP contribution in [0.2, 0.25) is 0 Å². The maximum atomic E-state index is 10.9. The van der Waals surface area contributed by atoms with Crippen molar-refractivity contribution < 1.29 is 10.2 Å². The van der Waals surface area contributed by atoms with E-state index in [1.165, 1.54) is 11.1 Å². The van der Waals surface area contributed by atoms with Crippen LogP contribution in [0.1, 0.15) is 59.3 Å². The molecule has 0 fully saturated rings. The minimum Gasteiger partial charge on any atom is -0.508 e. The lowest BCUT2D eigenvalue weighted by molar-refractivity contribution is 0.455. The van der Waals surface area contributed by atoms with Crippen LogP contribution in [0.3, 0.4) is 0 Å². The van der Waals surface area contributed by atoms with Crippen LogP contribution in [-0.4, -0.2) is 16.9 Å². The van der Waals surface area contributed by atoms with Crippen LogP contribution in [-0.2, 0) is 26.2 Å². The molecule has 2 bridgehead atoms. The van der Waals surface area contributed by atoms with Gasteiger partial charge in [-0.2, -0.15) is 0 Å². The van der Waals surface area contributed by atoms with Crippen molar-refractivity contribution in [3.05, 3.63) is 118 Å². The van der Waals surface area contributed by atoms with Gasteiger partial charge in [-0.1, -0.05) is 60.7 Å². The SMILES string of the molecule is CC(NCc1c(O)ccc2c1CN1CN2Cc2c1ccc(O)c2CNC(C)c1ccccc1)c1ccccc1. The van der Waals surface area contributed by atoms with Crippen molar-refractivity contribution in [3.8, 4) is 11.5 Å². The zero-order valence-electron chi connectivity index (χ0n) is 22.6. The van der Waals surface area contributed by atoms with Gasteiger partial charge in [0.2, 0.25) is 0 Å². The fraction of sp³-hybridized carbons (Fsp3) is 0.273. The number of anilines is 2. The molecule has 0 aliphatic carbocycles. The van der Waals surface area contributed by atoms with E-state index in [0.717, 1.165) is 40.3 Å². The molecule has 0 spiro atoms. The van der Waals surface area contributed by atoms with Crippen molar-refractivity contribution in [2.24, 2.45) is 0 Å². The van der Waals surface area contributed by atoms with Crippen LogP contribution in [0.5, 0.6) is 11.5 Å². The standard InChI is InChI=1S/C33H36N4O2/c1-22(24-9-5-3-6-10-24)34-17-26-28-19-36-21-37(30(28)13-15-32(26)38)20-29-27(33(39)16-14-31(29)36)18-35-23(2)25-11-7-4-8-12-25/h3-16,22-23,34-35,38-39H,17-21H2,1-2H3. The monoisotopic (exact) mass is 520 g/mol. The van der Waals surface area contributed by atoms with E-state index in [2.05, 4.69) is 82.8 Å². The number of phenolic OH excluding ortho intramolecular Hbond substituents is 2. The third kappa shape index (κ3) is 4.93. The summed E-state index contributed by atoms with van der Waals surface area (Å²) in [6, 6.07) is 28.8. The number of rotatable bonds is 8. The van der Waals surface area contributed by atoms with Crippen molar-refractivity contribution in [2.45, 2.75) is 52.1 Å². The summed E-state index contributed by atoms with van der Waals surface area (Å²) in [5.74, 6) is 0.657. The normalized spacial score (nSPS) is 15.4. The van der Waals surface area contributed by atoms with Gasteiger partial charge in [0.1, 0.15) is 11.5 Å². The quantitative estimate of drug-likeness (QED) is 0.225. The number of nitrogens with zero attached hydrogens (tertiary/aromatic N) is 2. The van der Waals surface area contributed by atoms with E-state index in [4.69, 9.17) is 0 Å². The number of phenols is 2. The number of nitrogens with one attached hydrogen (secondary N) is 2. The van der Waals surface area contributed by atoms with Gasteiger partial charge in [-0.15, -0.1) is 0 Å². The highest BCUT2D eigenvalue weighted by molar-refractivity contribution is 5.72. The van der Waals surface area contributed by atoms with E-state index in [0.29, 0.717) is 37.7 Å².